The Kier molecular flexibility index (Phi) is 27.5. The van der Waals surface area contributed by atoms with Gasteiger partial charge >= 0.3 is 0 Å². The fourth-order valence-corrected chi connectivity index (χ4v) is 2.85. The van der Waals surface area contributed by atoms with Gasteiger partial charge in [-0.1, -0.05) is 144 Å². The Morgan fingerprint density at radius 3 is 1.03 bits per heavy atom. The summed E-state index contributed by atoms with van der Waals surface area (Å²) in [6.45, 7) is 25.1. The van der Waals surface area contributed by atoms with Gasteiger partial charge in [0, 0.05) is 17.5 Å². The van der Waals surface area contributed by atoms with Crippen molar-refractivity contribution in [3.05, 3.63) is 88.4 Å². The molecule has 0 bridgehead atoms. The van der Waals surface area contributed by atoms with Crippen LogP contribution in [0.2, 0.25) is 0 Å². The molecule has 0 atom stereocenters. The van der Waals surface area contributed by atoms with E-state index in [9.17, 15) is 0 Å². The van der Waals surface area contributed by atoms with Crippen LogP contribution in [0, 0.1) is 0 Å². The van der Waals surface area contributed by atoms with Crippen LogP contribution in [0.3, 0.4) is 0 Å². The van der Waals surface area contributed by atoms with Gasteiger partial charge < -0.3 is 0 Å². The fraction of sp³-hybridized carbons (Fsp3) is 0.500. The van der Waals surface area contributed by atoms with Crippen molar-refractivity contribution in [1.29, 1.82) is 0 Å². The summed E-state index contributed by atoms with van der Waals surface area (Å²) in [7, 11) is 0. The highest BCUT2D eigenvalue weighted by atomic mass is 32.1. The zero-order valence-electron chi connectivity index (χ0n) is 23.0. The molecule has 0 aliphatic rings. The summed E-state index contributed by atoms with van der Waals surface area (Å²) in [5, 5.41) is 3.24. The van der Waals surface area contributed by atoms with E-state index in [1.54, 1.807) is 11.3 Å². The Hall–Kier alpha value is -1.93. The van der Waals surface area contributed by atoms with E-state index in [-0.39, 0.29) is 0 Å². The van der Waals surface area contributed by atoms with Crippen LogP contribution in [-0.2, 0) is 0 Å². The highest BCUT2D eigenvalue weighted by Gasteiger charge is 1.98. The van der Waals surface area contributed by atoms with E-state index in [4.69, 9.17) is 0 Å². The lowest BCUT2D eigenvalue weighted by Crippen LogP contribution is -1.83. The van der Waals surface area contributed by atoms with Crippen molar-refractivity contribution in [2.75, 3.05) is 0 Å². The smallest absolute Gasteiger partial charge is 0.0950 e. The van der Waals surface area contributed by atoms with Crippen LogP contribution < -0.4 is 0 Å². The lowest BCUT2D eigenvalue weighted by molar-refractivity contribution is 0.852. The van der Waals surface area contributed by atoms with E-state index in [1.807, 2.05) is 65.3 Å². The van der Waals surface area contributed by atoms with Crippen molar-refractivity contribution in [2.45, 2.75) is 101 Å². The first kappa shape index (κ1) is 34.7. The summed E-state index contributed by atoms with van der Waals surface area (Å²) in [6, 6.07) is 21.0. The van der Waals surface area contributed by atoms with E-state index >= 15 is 0 Å². The molecular weight excluding hydrogens is 406 g/mol. The van der Waals surface area contributed by atoms with E-state index in [0.29, 0.717) is 17.8 Å². The summed E-state index contributed by atoms with van der Waals surface area (Å²) in [5.74, 6) is 1.91. The number of thiazole rings is 1. The second-order valence-electron chi connectivity index (χ2n) is 7.16. The number of rotatable bonds is 3. The fourth-order valence-electron chi connectivity index (χ4n) is 2.20. The third-order valence-electron chi connectivity index (χ3n) is 3.88. The molecule has 0 amide bonds. The Balaban J connectivity index is -0.000000353. The lowest BCUT2D eigenvalue weighted by Gasteiger charge is -2.01. The Morgan fingerprint density at radius 2 is 0.875 bits per heavy atom. The average molecular weight is 458 g/mol. The number of benzene rings is 2. The molecular formula is C30H51NS. The third-order valence-corrected chi connectivity index (χ3v) is 4.95. The largest absolute Gasteiger partial charge is 0.249 e. The van der Waals surface area contributed by atoms with Crippen LogP contribution in [-0.4, -0.2) is 4.98 Å². The first-order valence-electron chi connectivity index (χ1n) is 12.4. The molecule has 0 aliphatic heterocycles. The Morgan fingerprint density at radius 1 is 0.531 bits per heavy atom. The normalized spacial score (nSPS) is 8.84. The van der Waals surface area contributed by atoms with Gasteiger partial charge in [-0.3, -0.25) is 0 Å². The third kappa shape index (κ3) is 18.8. The van der Waals surface area contributed by atoms with E-state index in [2.05, 4.69) is 95.1 Å². The molecule has 0 saturated carbocycles. The average Bonchev–Trinajstić information content (AvgIpc) is 3.41. The molecule has 1 aromatic heterocycles. The quantitative estimate of drug-likeness (QED) is 0.381. The number of nitrogens with zero attached hydrogens (tertiary/aromatic N) is 1. The van der Waals surface area contributed by atoms with Gasteiger partial charge in [-0.15, -0.1) is 11.3 Å². The number of aromatic nitrogens is 1. The van der Waals surface area contributed by atoms with Gasteiger partial charge in [0.05, 0.1) is 5.01 Å². The van der Waals surface area contributed by atoms with E-state index in [0.717, 1.165) is 0 Å². The predicted molar refractivity (Wildman–Crippen MR) is 151 cm³/mol. The molecule has 3 aromatic rings. The van der Waals surface area contributed by atoms with Crippen LogP contribution in [0.25, 0.3) is 0 Å². The van der Waals surface area contributed by atoms with Gasteiger partial charge in [0.15, 0.2) is 0 Å². The van der Waals surface area contributed by atoms with Crippen LogP contribution in [0.4, 0.5) is 0 Å². The molecule has 0 fully saturated rings. The molecule has 0 spiro atoms. The Labute approximate surface area is 205 Å². The minimum absolute atomic E-state index is 0.593. The summed E-state index contributed by atoms with van der Waals surface area (Å²) in [6.07, 6.45) is 1.85. The van der Waals surface area contributed by atoms with Crippen molar-refractivity contribution in [3.63, 3.8) is 0 Å². The summed E-state index contributed by atoms with van der Waals surface area (Å²) in [4.78, 5) is 4.13. The second-order valence-corrected chi connectivity index (χ2v) is 8.08. The monoisotopic (exact) mass is 457 g/mol. The maximum atomic E-state index is 4.13. The van der Waals surface area contributed by atoms with Crippen LogP contribution in [0.1, 0.15) is 117 Å². The van der Waals surface area contributed by atoms with Gasteiger partial charge in [-0.25, -0.2) is 4.98 Å². The molecule has 0 aliphatic carbocycles. The zero-order valence-corrected chi connectivity index (χ0v) is 23.8. The highest BCUT2D eigenvalue weighted by Crippen LogP contribution is 2.15. The predicted octanol–water partition coefficient (Wildman–Crippen LogP) is 11.0. The highest BCUT2D eigenvalue weighted by molar-refractivity contribution is 7.09. The summed E-state index contributed by atoms with van der Waals surface area (Å²) in [5.41, 5.74) is 2.83. The first-order valence-corrected chi connectivity index (χ1v) is 13.3. The SMILES string of the molecule is CC.CC.CC.CC(C)c1ccccc1.CC(C)c1ccccc1.CC(C)c1nccs1. The maximum Gasteiger partial charge on any atom is 0.0950 e. The second kappa shape index (κ2) is 25.3. The molecule has 2 aromatic carbocycles. The van der Waals surface area contributed by atoms with Crippen molar-refractivity contribution in [3.8, 4) is 0 Å². The lowest BCUT2D eigenvalue weighted by atomic mass is 10.0. The standard InChI is InChI=1S/2C9H12.C6H9NS.3C2H6/c2*1-8(2)9-6-4-3-5-7-9;1-5(2)6-7-3-4-8-6;3*1-2/h2*3-8H,1-2H3;3-5H,1-2H3;3*1-2H3. The topological polar surface area (TPSA) is 12.9 Å². The van der Waals surface area contributed by atoms with Crippen molar-refractivity contribution in [2.24, 2.45) is 0 Å². The van der Waals surface area contributed by atoms with Gasteiger partial charge in [0.25, 0.3) is 0 Å². The Bertz CT molecular complexity index is 628. The van der Waals surface area contributed by atoms with Gasteiger partial charge in [0.2, 0.25) is 0 Å². The molecule has 0 saturated heterocycles. The maximum absolute atomic E-state index is 4.13. The van der Waals surface area contributed by atoms with Crippen molar-refractivity contribution < 1.29 is 0 Å². The molecule has 0 radical (unpaired) electrons. The summed E-state index contributed by atoms with van der Waals surface area (Å²) >= 11 is 1.72. The first-order chi connectivity index (χ1) is 15.4. The summed E-state index contributed by atoms with van der Waals surface area (Å²) < 4.78 is 0. The van der Waals surface area contributed by atoms with E-state index < -0.39 is 0 Å². The minimum atomic E-state index is 0.593. The molecule has 32 heavy (non-hydrogen) atoms. The van der Waals surface area contributed by atoms with E-state index in [1.165, 1.54) is 16.1 Å². The van der Waals surface area contributed by atoms with Gasteiger partial charge in [-0.05, 0) is 23.0 Å². The molecule has 1 heterocycles. The minimum Gasteiger partial charge on any atom is -0.249 e. The van der Waals surface area contributed by atoms with Crippen LogP contribution in [0.5, 0.6) is 0 Å². The number of hydrogen-bond acceptors (Lipinski definition) is 2. The van der Waals surface area contributed by atoms with Crippen molar-refractivity contribution >= 4 is 11.3 Å². The molecule has 0 unspecified atom stereocenters. The van der Waals surface area contributed by atoms with Crippen LogP contribution >= 0.6 is 11.3 Å². The zero-order chi connectivity index (χ0) is 25.4. The molecule has 2 heteroatoms. The molecule has 182 valence electrons. The molecule has 3 rings (SSSR count). The van der Waals surface area contributed by atoms with Gasteiger partial charge in [-0.2, -0.15) is 0 Å². The number of hydrogen-bond donors (Lipinski definition) is 0. The molecule has 0 N–H and O–H groups in total. The van der Waals surface area contributed by atoms with Crippen molar-refractivity contribution in [1.82, 2.24) is 4.98 Å². The van der Waals surface area contributed by atoms with Crippen LogP contribution in [0.15, 0.2) is 72.2 Å². The molecule has 1 nitrogen and oxygen atoms in total. The van der Waals surface area contributed by atoms with Gasteiger partial charge in [0.1, 0.15) is 0 Å².